The van der Waals surface area contributed by atoms with Crippen molar-refractivity contribution in [2.45, 2.75) is 57.4 Å². The summed E-state index contributed by atoms with van der Waals surface area (Å²) >= 11 is 0. The third-order valence-corrected chi connectivity index (χ3v) is 7.33. The molecule has 2 aliphatic rings. The van der Waals surface area contributed by atoms with Crippen molar-refractivity contribution in [3.8, 4) is 6.07 Å². The number of nitrogens with zero attached hydrogens (tertiary/aromatic N) is 4. The first-order valence-corrected chi connectivity index (χ1v) is 13.5. The van der Waals surface area contributed by atoms with E-state index in [4.69, 9.17) is 19.2 Å². The quantitative estimate of drug-likeness (QED) is 0.294. The van der Waals surface area contributed by atoms with Gasteiger partial charge < -0.3 is 29.3 Å². The smallest absolute Gasteiger partial charge is 0.413 e. The van der Waals surface area contributed by atoms with Crippen LogP contribution in [0.4, 0.5) is 4.79 Å². The molecule has 11 heteroatoms. The summed E-state index contributed by atoms with van der Waals surface area (Å²) in [5.74, 6) is -0.0151. The van der Waals surface area contributed by atoms with Crippen LogP contribution < -0.4 is 10.6 Å². The van der Waals surface area contributed by atoms with Gasteiger partial charge in [0, 0.05) is 40.4 Å². The maximum atomic E-state index is 13.7. The second-order valence-electron chi connectivity index (χ2n) is 9.97. The summed E-state index contributed by atoms with van der Waals surface area (Å²) in [7, 11) is 5.25. The maximum absolute atomic E-state index is 13.7. The minimum absolute atomic E-state index is 0.127. The average Bonchev–Trinajstić information content (AvgIpc) is 2.90. The molecule has 0 aromatic rings. The minimum Gasteiger partial charge on any atom is -0.450 e. The van der Waals surface area contributed by atoms with Crippen molar-refractivity contribution in [2.24, 2.45) is 16.8 Å². The molecule has 11 nitrogen and oxygen atoms in total. The van der Waals surface area contributed by atoms with Crippen LogP contribution in [0.3, 0.4) is 0 Å². The highest BCUT2D eigenvalue weighted by molar-refractivity contribution is 5.94. The van der Waals surface area contributed by atoms with Gasteiger partial charge in [0.1, 0.15) is 5.54 Å². The topological polar surface area (TPSA) is 129 Å². The Hall–Kier alpha value is -2.42. The molecule has 210 valence electrons. The summed E-state index contributed by atoms with van der Waals surface area (Å²) in [4.78, 5) is 34.8. The zero-order valence-electron chi connectivity index (χ0n) is 23.1. The van der Waals surface area contributed by atoms with Crippen molar-refractivity contribution in [3.05, 3.63) is 0 Å². The van der Waals surface area contributed by atoms with Gasteiger partial charge in [-0.25, -0.2) is 4.79 Å². The Bertz CT molecular complexity index is 764. The van der Waals surface area contributed by atoms with E-state index >= 15 is 0 Å². The fourth-order valence-corrected chi connectivity index (χ4v) is 4.96. The number of carbonyl (C=O) groups is 2. The Morgan fingerprint density at radius 1 is 1.14 bits per heavy atom. The van der Waals surface area contributed by atoms with Crippen LogP contribution >= 0.6 is 0 Å². The van der Waals surface area contributed by atoms with E-state index < -0.39 is 17.6 Å². The van der Waals surface area contributed by atoms with E-state index in [0.29, 0.717) is 45.1 Å². The predicted molar refractivity (Wildman–Crippen MR) is 141 cm³/mol. The van der Waals surface area contributed by atoms with Gasteiger partial charge in [-0.05, 0) is 45.6 Å². The number of likely N-dealkylation sites (tertiary alicyclic amines) is 1. The summed E-state index contributed by atoms with van der Waals surface area (Å²) in [6.07, 6.45) is 5.83. The molecule has 2 fully saturated rings. The molecule has 2 rings (SSSR count). The van der Waals surface area contributed by atoms with Crippen molar-refractivity contribution in [3.63, 3.8) is 0 Å². The third kappa shape index (κ3) is 10.1. The van der Waals surface area contributed by atoms with Crippen LogP contribution in [0.25, 0.3) is 0 Å². The van der Waals surface area contributed by atoms with Crippen LogP contribution in [0, 0.1) is 23.2 Å². The highest BCUT2D eigenvalue weighted by atomic mass is 16.5. The Labute approximate surface area is 221 Å². The van der Waals surface area contributed by atoms with Gasteiger partial charge in [0.25, 0.3) is 0 Å². The Kier molecular flexibility index (Phi) is 13.7. The molecule has 1 heterocycles. The lowest BCUT2D eigenvalue weighted by Gasteiger charge is -2.38. The van der Waals surface area contributed by atoms with Crippen molar-refractivity contribution < 1.29 is 23.8 Å². The highest BCUT2D eigenvalue weighted by Gasteiger charge is 2.39. The lowest BCUT2D eigenvalue weighted by atomic mass is 9.78. The molecule has 0 aromatic carbocycles. The monoisotopic (exact) mass is 522 g/mol. The standard InChI is InChI=1S/C26H46N6O5/c1-5-37-25(34)29-24(32(15-17-35-3)16-18-36-4)28-19-22(21-9-7-6-8-10-21)23(33)30-26(20-27)11-13-31(2)14-12-26/h21-22H,5-19H2,1-4H3,(H,30,33)(H,28,29,34). The van der Waals surface area contributed by atoms with E-state index in [9.17, 15) is 14.9 Å². The lowest BCUT2D eigenvalue weighted by Crippen LogP contribution is -2.56. The number of guanidine groups is 1. The van der Waals surface area contributed by atoms with E-state index in [-0.39, 0.29) is 25.0 Å². The average molecular weight is 523 g/mol. The summed E-state index contributed by atoms with van der Waals surface area (Å²) in [6.45, 7) is 5.53. The van der Waals surface area contributed by atoms with Gasteiger partial charge in [0.05, 0.1) is 38.4 Å². The number of nitrogens with one attached hydrogen (secondary N) is 2. The number of piperidine rings is 1. The van der Waals surface area contributed by atoms with E-state index in [1.165, 1.54) is 6.42 Å². The molecule has 2 amide bonds. The third-order valence-electron chi connectivity index (χ3n) is 7.33. The van der Waals surface area contributed by atoms with Crippen molar-refractivity contribution in [1.82, 2.24) is 20.4 Å². The molecule has 1 atom stereocenters. The van der Waals surface area contributed by atoms with Gasteiger partial charge >= 0.3 is 6.09 Å². The predicted octanol–water partition coefficient (Wildman–Crippen LogP) is 1.98. The minimum atomic E-state index is -0.852. The van der Waals surface area contributed by atoms with Crippen LogP contribution in [0.15, 0.2) is 4.99 Å². The number of ether oxygens (including phenoxy) is 3. The zero-order valence-corrected chi connectivity index (χ0v) is 23.1. The Morgan fingerprint density at radius 3 is 2.30 bits per heavy atom. The molecular weight excluding hydrogens is 476 g/mol. The molecule has 1 aliphatic heterocycles. The first-order chi connectivity index (χ1) is 17.9. The molecule has 0 radical (unpaired) electrons. The van der Waals surface area contributed by atoms with Crippen molar-refractivity contribution >= 4 is 18.0 Å². The molecule has 0 aromatic heterocycles. The van der Waals surface area contributed by atoms with Gasteiger partial charge in [-0.1, -0.05) is 19.3 Å². The largest absolute Gasteiger partial charge is 0.450 e. The van der Waals surface area contributed by atoms with Crippen LogP contribution in [-0.2, 0) is 19.0 Å². The van der Waals surface area contributed by atoms with E-state index in [1.807, 2.05) is 11.9 Å². The zero-order chi connectivity index (χ0) is 27.1. The highest BCUT2D eigenvalue weighted by Crippen LogP contribution is 2.32. The molecule has 1 unspecified atom stereocenters. The first kappa shape index (κ1) is 30.8. The number of methoxy groups -OCH3 is 2. The molecular formula is C26H46N6O5. The first-order valence-electron chi connectivity index (χ1n) is 13.5. The fraction of sp³-hybridized carbons (Fsp3) is 0.846. The number of aliphatic imine (C=N–C) groups is 1. The second-order valence-corrected chi connectivity index (χ2v) is 9.97. The number of amides is 2. The van der Waals surface area contributed by atoms with Crippen LogP contribution in [0.2, 0.25) is 0 Å². The number of nitriles is 1. The fourth-order valence-electron chi connectivity index (χ4n) is 4.96. The summed E-state index contributed by atoms with van der Waals surface area (Å²) in [6, 6.07) is 2.39. The van der Waals surface area contributed by atoms with Gasteiger partial charge in [-0.2, -0.15) is 5.26 Å². The molecule has 37 heavy (non-hydrogen) atoms. The normalized spacial score (nSPS) is 19.5. The van der Waals surface area contributed by atoms with Crippen molar-refractivity contribution in [1.29, 1.82) is 5.26 Å². The van der Waals surface area contributed by atoms with E-state index in [1.54, 1.807) is 21.1 Å². The summed E-state index contributed by atoms with van der Waals surface area (Å²) in [5, 5.41) is 15.8. The SMILES string of the molecule is CCOC(=O)NC(=NCC(C(=O)NC1(C#N)CCN(C)CC1)C1CCCCC1)N(CCOC)CCOC. The number of hydrogen-bond acceptors (Lipinski definition) is 8. The van der Waals surface area contributed by atoms with Gasteiger partial charge in [0.2, 0.25) is 11.9 Å². The summed E-state index contributed by atoms with van der Waals surface area (Å²) < 4.78 is 15.6. The van der Waals surface area contributed by atoms with Crippen molar-refractivity contribution in [2.75, 3.05) is 73.8 Å². The van der Waals surface area contributed by atoms with Crippen LogP contribution in [0.1, 0.15) is 51.9 Å². The molecule has 1 aliphatic carbocycles. The summed E-state index contributed by atoms with van der Waals surface area (Å²) in [5.41, 5.74) is -0.852. The van der Waals surface area contributed by atoms with Crippen LogP contribution in [-0.4, -0.2) is 107 Å². The molecule has 0 bridgehead atoms. The number of carbonyl (C=O) groups excluding carboxylic acids is 2. The maximum Gasteiger partial charge on any atom is 0.413 e. The molecule has 0 spiro atoms. The Morgan fingerprint density at radius 2 is 1.76 bits per heavy atom. The Balaban J connectivity index is 2.29. The van der Waals surface area contributed by atoms with E-state index in [2.05, 4.69) is 21.6 Å². The van der Waals surface area contributed by atoms with Gasteiger partial charge in [0.15, 0.2) is 0 Å². The van der Waals surface area contributed by atoms with Crippen LogP contribution in [0.5, 0.6) is 0 Å². The van der Waals surface area contributed by atoms with E-state index in [0.717, 1.165) is 38.8 Å². The molecule has 1 saturated carbocycles. The number of hydrogen-bond donors (Lipinski definition) is 2. The van der Waals surface area contributed by atoms with Gasteiger partial charge in [-0.3, -0.25) is 15.1 Å². The number of alkyl carbamates (subject to hydrolysis) is 1. The number of rotatable bonds is 12. The van der Waals surface area contributed by atoms with Gasteiger partial charge in [-0.15, -0.1) is 0 Å². The lowest BCUT2D eigenvalue weighted by molar-refractivity contribution is -0.128. The molecule has 1 saturated heterocycles. The second kappa shape index (κ2) is 16.4. The molecule has 2 N–H and O–H groups in total.